The van der Waals surface area contributed by atoms with Gasteiger partial charge in [0.1, 0.15) is 0 Å². The second-order valence-corrected chi connectivity index (χ2v) is 9.13. The fourth-order valence-corrected chi connectivity index (χ4v) is 4.32. The lowest BCUT2D eigenvalue weighted by Crippen LogP contribution is -2.28. The van der Waals surface area contributed by atoms with Gasteiger partial charge in [0.2, 0.25) is 10.0 Å². The van der Waals surface area contributed by atoms with Crippen molar-refractivity contribution in [1.82, 2.24) is 10.0 Å². The van der Waals surface area contributed by atoms with E-state index >= 15 is 0 Å². The van der Waals surface area contributed by atoms with E-state index in [9.17, 15) is 27.1 Å². The van der Waals surface area contributed by atoms with E-state index in [1.54, 1.807) is 0 Å². The molecule has 3 rings (SSSR count). The largest absolute Gasteiger partial charge is 0.387 e. The van der Waals surface area contributed by atoms with Crippen LogP contribution in [0, 0.1) is 11.6 Å². The summed E-state index contributed by atoms with van der Waals surface area (Å²) in [6.07, 6.45) is -1.23. The molecule has 0 aliphatic rings. The average molecular weight is 453 g/mol. The lowest BCUT2D eigenvalue weighted by atomic mass is 10.1. The number of carbonyl (C=O) groups excluding carboxylic acids is 1. The van der Waals surface area contributed by atoms with Gasteiger partial charge >= 0.3 is 0 Å². The van der Waals surface area contributed by atoms with Crippen molar-refractivity contribution in [2.24, 2.45) is 0 Å². The van der Waals surface area contributed by atoms with Crippen LogP contribution in [-0.2, 0) is 16.6 Å². The maximum absolute atomic E-state index is 13.2. The Morgan fingerprint density at radius 2 is 1.80 bits per heavy atom. The van der Waals surface area contributed by atoms with Crippen molar-refractivity contribution < 1.29 is 27.1 Å². The van der Waals surface area contributed by atoms with Gasteiger partial charge in [-0.3, -0.25) is 4.79 Å². The number of halogens is 2. The lowest BCUT2D eigenvalue weighted by molar-refractivity contribution is 0.0916. The highest BCUT2D eigenvalue weighted by Gasteiger charge is 2.16. The topological polar surface area (TPSA) is 95.5 Å². The minimum Gasteiger partial charge on any atom is -0.387 e. The molecule has 1 amide bonds. The smallest absolute Gasteiger partial charge is 0.251 e. The summed E-state index contributed by atoms with van der Waals surface area (Å²) in [5, 5.41) is 14.3. The first-order valence-electron chi connectivity index (χ1n) is 8.79. The molecule has 0 aliphatic heterocycles. The van der Waals surface area contributed by atoms with Crippen LogP contribution in [0.4, 0.5) is 8.78 Å². The molecule has 1 aromatic heterocycles. The highest BCUT2D eigenvalue weighted by molar-refractivity contribution is 7.89. The Balaban J connectivity index is 1.58. The number of carbonyl (C=O) groups is 1. The Hall–Kier alpha value is -2.66. The van der Waals surface area contributed by atoms with E-state index in [1.807, 2.05) is 17.5 Å². The molecule has 0 spiro atoms. The zero-order valence-corrected chi connectivity index (χ0v) is 17.1. The van der Waals surface area contributed by atoms with E-state index in [-0.39, 0.29) is 29.1 Å². The van der Waals surface area contributed by atoms with Crippen LogP contribution < -0.4 is 10.0 Å². The highest BCUT2D eigenvalue weighted by atomic mass is 32.2. The summed E-state index contributed by atoms with van der Waals surface area (Å²) in [4.78, 5) is 13.1. The van der Waals surface area contributed by atoms with Crippen LogP contribution in [-0.4, -0.2) is 26.0 Å². The number of rotatable bonds is 8. The molecular formula is C20H18F2N2O4S2. The number of aliphatic hydroxyl groups excluding tert-OH is 1. The molecule has 1 heterocycles. The molecule has 0 bridgehead atoms. The SMILES string of the molecule is O=C(NCC(O)c1ccc(F)c(F)c1)c1ccc(S(=O)(=O)NCc2cccs2)cc1. The van der Waals surface area contributed by atoms with Gasteiger partial charge in [-0.15, -0.1) is 11.3 Å². The van der Waals surface area contributed by atoms with E-state index in [1.165, 1.54) is 41.7 Å². The van der Waals surface area contributed by atoms with E-state index < -0.39 is 33.7 Å². The van der Waals surface area contributed by atoms with Crippen LogP contribution in [0.2, 0.25) is 0 Å². The predicted octanol–water partition coefficient (Wildman–Crippen LogP) is 2.97. The molecule has 1 unspecified atom stereocenters. The van der Waals surface area contributed by atoms with Gasteiger partial charge in [0.15, 0.2) is 11.6 Å². The van der Waals surface area contributed by atoms with Gasteiger partial charge in [-0.05, 0) is 53.4 Å². The molecule has 0 radical (unpaired) electrons. The van der Waals surface area contributed by atoms with Crippen LogP contribution in [0.25, 0.3) is 0 Å². The number of nitrogens with one attached hydrogen (secondary N) is 2. The first kappa shape index (κ1) is 22.0. The van der Waals surface area contributed by atoms with Gasteiger partial charge in [0, 0.05) is 23.5 Å². The molecule has 30 heavy (non-hydrogen) atoms. The second kappa shape index (κ2) is 9.43. The first-order chi connectivity index (χ1) is 14.3. The zero-order valence-electron chi connectivity index (χ0n) is 15.5. The zero-order chi connectivity index (χ0) is 21.7. The first-order valence-corrected chi connectivity index (χ1v) is 11.2. The van der Waals surface area contributed by atoms with Crippen molar-refractivity contribution in [2.75, 3.05) is 6.54 Å². The standard InChI is InChI=1S/C20H18F2N2O4S2/c21-17-8-5-14(10-18(17)22)19(25)12-23-20(26)13-3-6-16(7-4-13)30(27,28)24-11-15-2-1-9-29-15/h1-10,19,24-25H,11-12H2,(H,23,26). The molecule has 2 aromatic carbocycles. The van der Waals surface area contributed by atoms with E-state index in [2.05, 4.69) is 10.0 Å². The molecule has 1 atom stereocenters. The molecule has 6 nitrogen and oxygen atoms in total. The predicted molar refractivity (Wildman–Crippen MR) is 108 cm³/mol. The summed E-state index contributed by atoms with van der Waals surface area (Å²) in [6.45, 7) is -0.0591. The molecule has 158 valence electrons. The molecule has 0 fully saturated rings. The Morgan fingerprint density at radius 1 is 1.07 bits per heavy atom. The normalized spacial score (nSPS) is 12.5. The fourth-order valence-electron chi connectivity index (χ4n) is 2.58. The fraction of sp³-hybridized carbons (Fsp3) is 0.150. The third-order valence-corrected chi connectivity index (χ3v) is 6.52. The van der Waals surface area contributed by atoms with Gasteiger partial charge in [-0.1, -0.05) is 12.1 Å². The molecule has 0 aliphatic carbocycles. The second-order valence-electron chi connectivity index (χ2n) is 6.33. The van der Waals surface area contributed by atoms with Crippen molar-refractivity contribution in [1.29, 1.82) is 0 Å². The Kier molecular flexibility index (Phi) is 6.93. The number of amides is 1. The molecule has 0 saturated carbocycles. The summed E-state index contributed by atoms with van der Waals surface area (Å²) >= 11 is 1.43. The third-order valence-electron chi connectivity index (χ3n) is 4.23. The van der Waals surface area contributed by atoms with Crippen molar-refractivity contribution in [3.05, 3.63) is 87.6 Å². The number of hydrogen-bond acceptors (Lipinski definition) is 5. The van der Waals surface area contributed by atoms with Crippen molar-refractivity contribution in [3.8, 4) is 0 Å². The van der Waals surface area contributed by atoms with Crippen LogP contribution in [0.15, 0.2) is 64.9 Å². The van der Waals surface area contributed by atoms with Gasteiger partial charge in [0.05, 0.1) is 11.0 Å². The number of benzene rings is 2. The quantitative estimate of drug-likeness (QED) is 0.490. The Bertz CT molecular complexity index is 1120. The summed E-state index contributed by atoms with van der Waals surface area (Å²) < 4.78 is 53.4. The summed E-state index contributed by atoms with van der Waals surface area (Å²) in [7, 11) is -3.73. The number of aliphatic hydroxyl groups is 1. The number of hydrogen-bond donors (Lipinski definition) is 3. The van der Waals surface area contributed by atoms with Crippen LogP contribution in [0.3, 0.4) is 0 Å². The Labute approximate surface area is 176 Å². The van der Waals surface area contributed by atoms with Crippen molar-refractivity contribution in [3.63, 3.8) is 0 Å². The third kappa shape index (κ3) is 5.48. The molecule has 3 N–H and O–H groups in total. The highest BCUT2D eigenvalue weighted by Crippen LogP contribution is 2.16. The number of thiophene rings is 1. The maximum atomic E-state index is 13.2. The van der Waals surface area contributed by atoms with E-state index in [4.69, 9.17) is 0 Å². The van der Waals surface area contributed by atoms with Crippen LogP contribution in [0.1, 0.15) is 26.9 Å². The molecule has 3 aromatic rings. The monoisotopic (exact) mass is 452 g/mol. The summed E-state index contributed by atoms with van der Waals surface area (Å²) in [5.41, 5.74) is 0.303. The van der Waals surface area contributed by atoms with Gasteiger partial charge in [-0.25, -0.2) is 21.9 Å². The molecular weight excluding hydrogens is 434 g/mol. The Morgan fingerprint density at radius 3 is 2.43 bits per heavy atom. The van der Waals surface area contributed by atoms with Crippen molar-refractivity contribution >= 4 is 27.3 Å². The molecule has 10 heteroatoms. The average Bonchev–Trinajstić information content (AvgIpc) is 3.26. The van der Waals surface area contributed by atoms with Gasteiger partial charge in [-0.2, -0.15) is 0 Å². The number of sulfonamides is 1. The van der Waals surface area contributed by atoms with E-state index in [0.717, 1.165) is 17.0 Å². The lowest BCUT2D eigenvalue weighted by Gasteiger charge is -2.13. The van der Waals surface area contributed by atoms with Crippen LogP contribution in [0.5, 0.6) is 0 Å². The van der Waals surface area contributed by atoms with E-state index in [0.29, 0.717) is 0 Å². The summed E-state index contributed by atoms with van der Waals surface area (Å²) in [5.74, 6) is -2.68. The maximum Gasteiger partial charge on any atom is 0.251 e. The molecule has 0 saturated heterocycles. The van der Waals surface area contributed by atoms with Gasteiger partial charge < -0.3 is 10.4 Å². The minimum absolute atomic E-state index is 0.0115. The van der Waals surface area contributed by atoms with Gasteiger partial charge in [0.25, 0.3) is 5.91 Å². The summed E-state index contributed by atoms with van der Waals surface area (Å²) in [6, 6.07) is 11.9. The van der Waals surface area contributed by atoms with Crippen molar-refractivity contribution in [2.45, 2.75) is 17.5 Å². The minimum atomic E-state index is -3.73. The van der Waals surface area contributed by atoms with Crippen LogP contribution >= 0.6 is 11.3 Å².